The third kappa shape index (κ3) is 4.12. The van der Waals surface area contributed by atoms with Gasteiger partial charge in [-0.05, 0) is 36.8 Å². The lowest BCUT2D eigenvalue weighted by molar-refractivity contribution is -0.116. The van der Waals surface area contributed by atoms with Gasteiger partial charge in [-0.2, -0.15) is 5.26 Å². The highest BCUT2D eigenvalue weighted by Crippen LogP contribution is 2.47. The number of nitrogens with zero attached hydrogens (tertiary/aromatic N) is 4. The van der Waals surface area contributed by atoms with Crippen molar-refractivity contribution in [2.24, 2.45) is 5.73 Å². The molecule has 6 nitrogen and oxygen atoms in total. The molecule has 0 radical (unpaired) electrons. The van der Waals surface area contributed by atoms with Gasteiger partial charge in [-0.3, -0.25) is 9.69 Å². The quantitative estimate of drug-likeness (QED) is 0.607. The van der Waals surface area contributed by atoms with Gasteiger partial charge in [-0.1, -0.05) is 49.1 Å². The van der Waals surface area contributed by atoms with Gasteiger partial charge >= 0.3 is 0 Å². The predicted molar refractivity (Wildman–Crippen MR) is 127 cm³/mol. The molecule has 1 aromatic heterocycles. The first kappa shape index (κ1) is 21.9. The van der Waals surface area contributed by atoms with E-state index in [0.717, 1.165) is 26.9 Å². The molecule has 1 unspecified atom stereocenters. The van der Waals surface area contributed by atoms with Gasteiger partial charge in [-0.15, -0.1) is 22.0 Å². The SMILES string of the molecule is CSc1ccc(C2C(C#N)=C(N)N(c3nnc(SC(C)C)s3)C3=C2C(=O)CCC3)cc1. The number of benzene rings is 1. The minimum Gasteiger partial charge on any atom is -0.384 e. The van der Waals surface area contributed by atoms with Gasteiger partial charge in [0, 0.05) is 27.8 Å². The zero-order chi connectivity index (χ0) is 22.1. The van der Waals surface area contributed by atoms with Gasteiger partial charge in [0.25, 0.3) is 0 Å². The summed E-state index contributed by atoms with van der Waals surface area (Å²) < 4.78 is 0.843. The van der Waals surface area contributed by atoms with Crippen molar-refractivity contribution in [3.63, 3.8) is 0 Å². The summed E-state index contributed by atoms with van der Waals surface area (Å²) in [5, 5.41) is 19.7. The van der Waals surface area contributed by atoms with Crippen molar-refractivity contribution in [2.45, 2.75) is 53.5 Å². The van der Waals surface area contributed by atoms with Crippen LogP contribution in [0.25, 0.3) is 0 Å². The largest absolute Gasteiger partial charge is 0.384 e. The molecule has 2 aliphatic rings. The average molecular weight is 470 g/mol. The minimum absolute atomic E-state index is 0.0757. The molecule has 1 aliphatic carbocycles. The van der Waals surface area contributed by atoms with Gasteiger partial charge < -0.3 is 5.73 Å². The molecule has 4 rings (SSSR count). The van der Waals surface area contributed by atoms with E-state index >= 15 is 0 Å². The standard InChI is InChI=1S/C22H23N5OS3/c1-12(2)30-22-26-25-21(31-22)27-16-5-4-6-17(28)19(16)18(15(11-23)20(27)24)13-7-9-14(29-3)10-8-13/h7-10,12,18H,4-6,24H2,1-3H3. The van der Waals surface area contributed by atoms with Crippen LogP contribution in [0.1, 0.15) is 44.6 Å². The number of Topliss-reactive ketones (excluding diaryl/α,β-unsaturated/α-hetero) is 1. The summed E-state index contributed by atoms with van der Waals surface area (Å²) in [6, 6.07) is 10.3. The van der Waals surface area contributed by atoms with E-state index in [2.05, 4.69) is 30.1 Å². The predicted octanol–water partition coefficient (Wildman–Crippen LogP) is 5.07. The lowest BCUT2D eigenvalue weighted by atomic mass is 9.76. The van der Waals surface area contributed by atoms with Gasteiger partial charge in [0.05, 0.1) is 17.6 Å². The van der Waals surface area contributed by atoms with Gasteiger partial charge in [0.2, 0.25) is 5.13 Å². The Morgan fingerprint density at radius 1 is 1.26 bits per heavy atom. The van der Waals surface area contributed by atoms with E-state index in [1.807, 2.05) is 30.5 Å². The van der Waals surface area contributed by atoms with E-state index in [9.17, 15) is 10.1 Å². The van der Waals surface area contributed by atoms with Crippen LogP contribution >= 0.6 is 34.9 Å². The molecule has 1 atom stereocenters. The Labute approximate surface area is 194 Å². The second kappa shape index (κ2) is 9.07. The van der Waals surface area contributed by atoms with E-state index in [-0.39, 0.29) is 5.78 Å². The summed E-state index contributed by atoms with van der Waals surface area (Å²) in [6.07, 6.45) is 3.97. The van der Waals surface area contributed by atoms with Crippen molar-refractivity contribution in [1.29, 1.82) is 5.26 Å². The Kier molecular flexibility index (Phi) is 6.42. The van der Waals surface area contributed by atoms with Crippen molar-refractivity contribution in [1.82, 2.24) is 10.2 Å². The van der Waals surface area contributed by atoms with Crippen molar-refractivity contribution in [3.05, 3.63) is 52.5 Å². The monoisotopic (exact) mass is 469 g/mol. The lowest BCUT2D eigenvalue weighted by Gasteiger charge is -2.38. The third-order valence-electron chi connectivity index (χ3n) is 5.29. The first-order valence-electron chi connectivity index (χ1n) is 10.0. The number of anilines is 1. The molecule has 160 valence electrons. The Morgan fingerprint density at radius 3 is 2.65 bits per heavy atom. The molecule has 1 aromatic carbocycles. The Bertz CT molecular complexity index is 1110. The fraction of sp³-hybridized carbons (Fsp3) is 0.364. The number of carbonyl (C=O) groups is 1. The number of hydrogen-bond donors (Lipinski definition) is 1. The molecule has 2 heterocycles. The number of aromatic nitrogens is 2. The van der Waals surface area contributed by atoms with Crippen LogP contribution in [0.2, 0.25) is 0 Å². The molecule has 2 N–H and O–H groups in total. The zero-order valence-corrected chi connectivity index (χ0v) is 20.0. The van der Waals surface area contributed by atoms with Crippen LogP contribution in [0.15, 0.2) is 56.2 Å². The number of nitriles is 1. The molecule has 0 fully saturated rings. The van der Waals surface area contributed by atoms with Crippen LogP contribution in [0.3, 0.4) is 0 Å². The number of nitrogens with two attached hydrogens (primary N) is 1. The van der Waals surface area contributed by atoms with Crippen LogP contribution in [-0.4, -0.2) is 27.5 Å². The van der Waals surface area contributed by atoms with Gasteiger partial charge in [0.1, 0.15) is 5.82 Å². The first-order valence-corrected chi connectivity index (χ1v) is 13.0. The van der Waals surface area contributed by atoms with Gasteiger partial charge in [-0.25, -0.2) is 0 Å². The summed E-state index contributed by atoms with van der Waals surface area (Å²) in [5.74, 6) is -0.0312. The maximum absolute atomic E-state index is 13.1. The lowest BCUT2D eigenvalue weighted by Crippen LogP contribution is -2.38. The Balaban J connectivity index is 1.86. The highest BCUT2D eigenvalue weighted by molar-refractivity contribution is 8.01. The fourth-order valence-electron chi connectivity index (χ4n) is 3.98. The van der Waals surface area contributed by atoms with Crippen LogP contribution in [-0.2, 0) is 4.79 Å². The van der Waals surface area contributed by atoms with Crippen LogP contribution < -0.4 is 10.6 Å². The fourth-order valence-corrected chi connectivity index (χ4v) is 6.49. The molecule has 0 amide bonds. The number of rotatable bonds is 5. The second-order valence-electron chi connectivity index (χ2n) is 7.61. The third-order valence-corrected chi connectivity index (χ3v) is 8.03. The molecule has 0 saturated heterocycles. The number of ketones is 1. The Hall–Kier alpha value is -2.28. The van der Waals surface area contributed by atoms with E-state index in [1.54, 1.807) is 28.4 Å². The first-order chi connectivity index (χ1) is 14.9. The number of hydrogen-bond acceptors (Lipinski definition) is 9. The molecule has 1 aliphatic heterocycles. The molecular formula is C22H23N5OS3. The van der Waals surface area contributed by atoms with Crippen molar-refractivity contribution < 1.29 is 4.79 Å². The summed E-state index contributed by atoms with van der Waals surface area (Å²) in [5.41, 5.74) is 9.40. The number of carbonyl (C=O) groups excluding carboxylic acids is 1. The molecular weight excluding hydrogens is 446 g/mol. The Morgan fingerprint density at radius 2 is 2.00 bits per heavy atom. The molecule has 0 spiro atoms. The van der Waals surface area contributed by atoms with Crippen LogP contribution in [0.5, 0.6) is 0 Å². The van der Waals surface area contributed by atoms with Gasteiger partial charge in [0.15, 0.2) is 10.1 Å². The summed E-state index contributed by atoms with van der Waals surface area (Å²) in [6.45, 7) is 4.20. The molecule has 31 heavy (non-hydrogen) atoms. The smallest absolute Gasteiger partial charge is 0.219 e. The van der Waals surface area contributed by atoms with E-state index in [0.29, 0.717) is 40.2 Å². The second-order valence-corrected chi connectivity index (χ2v) is 11.3. The zero-order valence-electron chi connectivity index (χ0n) is 17.6. The van der Waals surface area contributed by atoms with E-state index in [1.165, 1.54) is 11.3 Å². The maximum Gasteiger partial charge on any atom is 0.219 e. The number of thioether (sulfide) groups is 2. The van der Waals surface area contributed by atoms with Crippen LogP contribution in [0, 0.1) is 11.3 Å². The van der Waals surface area contributed by atoms with Crippen molar-refractivity contribution in [2.75, 3.05) is 11.2 Å². The summed E-state index contributed by atoms with van der Waals surface area (Å²) >= 11 is 4.72. The van der Waals surface area contributed by atoms with Crippen LogP contribution in [0.4, 0.5) is 5.13 Å². The summed E-state index contributed by atoms with van der Waals surface area (Å²) in [7, 11) is 0. The summed E-state index contributed by atoms with van der Waals surface area (Å²) in [4.78, 5) is 16.1. The van der Waals surface area contributed by atoms with E-state index < -0.39 is 5.92 Å². The van der Waals surface area contributed by atoms with Crippen molar-refractivity contribution in [3.8, 4) is 6.07 Å². The highest BCUT2D eigenvalue weighted by Gasteiger charge is 2.41. The van der Waals surface area contributed by atoms with Crippen molar-refractivity contribution >= 4 is 45.8 Å². The normalized spacial score (nSPS) is 19.1. The number of allylic oxidation sites excluding steroid dienone is 3. The molecule has 9 heteroatoms. The molecule has 2 aromatic rings. The average Bonchev–Trinajstić information content (AvgIpc) is 3.20. The van der Waals surface area contributed by atoms with E-state index in [4.69, 9.17) is 5.73 Å². The topological polar surface area (TPSA) is 95.9 Å². The molecule has 0 bridgehead atoms. The molecule has 0 saturated carbocycles. The highest BCUT2D eigenvalue weighted by atomic mass is 32.2. The maximum atomic E-state index is 13.1. The minimum atomic E-state index is -0.447.